The summed E-state index contributed by atoms with van der Waals surface area (Å²) in [6.07, 6.45) is 5.53. The lowest BCUT2D eigenvalue weighted by atomic mass is 10.0. The van der Waals surface area contributed by atoms with Gasteiger partial charge in [-0.25, -0.2) is 4.79 Å². The van der Waals surface area contributed by atoms with Crippen molar-refractivity contribution in [1.29, 1.82) is 0 Å². The molecule has 3 rings (SSSR count). The highest BCUT2D eigenvalue weighted by molar-refractivity contribution is 5.91. The molecule has 5 nitrogen and oxygen atoms in total. The average Bonchev–Trinajstić information content (AvgIpc) is 2.85. The van der Waals surface area contributed by atoms with Gasteiger partial charge in [-0.15, -0.1) is 0 Å². The van der Waals surface area contributed by atoms with Gasteiger partial charge in [-0.3, -0.25) is 4.79 Å². The lowest BCUT2D eigenvalue weighted by Gasteiger charge is -2.21. The number of para-hydroxylation sites is 1. The van der Waals surface area contributed by atoms with E-state index >= 15 is 0 Å². The molecule has 168 valence electrons. The number of rotatable bonds is 9. The molecule has 33 heavy (non-hydrogen) atoms. The van der Waals surface area contributed by atoms with Crippen LogP contribution < -0.4 is 10.1 Å². The van der Waals surface area contributed by atoms with Gasteiger partial charge in [0.15, 0.2) is 0 Å². The second kappa shape index (κ2) is 12.1. The summed E-state index contributed by atoms with van der Waals surface area (Å²) in [5.74, 6) is -0.177. The zero-order valence-electron chi connectivity index (χ0n) is 18.7. The smallest absolute Gasteiger partial charge is 0.331 e. The molecule has 0 fully saturated rings. The van der Waals surface area contributed by atoms with Crippen LogP contribution in [0.2, 0.25) is 0 Å². The Bertz CT molecular complexity index is 1120. The molecule has 0 saturated heterocycles. The quantitative estimate of drug-likeness (QED) is 0.369. The predicted molar refractivity (Wildman–Crippen MR) is 131 cm³/mol. The zero-order valence-corrected chi connectivity index (χ0v) is 18.7. The lowest BCUT2D eigenvalue weighted by molar-refractivity contribution is -0.143. The molecule has 1 N–H and O–H groups in total. The number of carbonyl (C=O) groups is 2. The maximum absolute atomic E-state index is 12.6. The predicted octanol–water partition coefficient (Wildman–Crippen LogP) is 5.13. The molecule has 0 aliphatic carbocycles. The minimum Gasteiger partial charge on any atom is -0.496 e. The molecule has 5 heteroatoms. The Morgan fingerprint density at radius 3 is 2.06 bits per heavy atom. The van der Waals surface area contributed by atoms with Crippen molar-refractivity contribution < 1.29 is 19.1 Å². The molecular weight excluding hydrogens is 414 g/mol. The molecule has 1 amide bonds. The third-order valence-corrected chi connectivity index (χ3v) is 4.95. The summed E-state index contributed by atoms with van der Waals surface area (Å²) >= 11 is 0. The van der Waals surface area contributed by atoms with Crippen LogP contribution in [0.25, 0.3) is 12.2 Å². The summed E-state index contributed by atoms with van der Waals surface area (Å²) in [5, 5.41) is 2.82. The number of aryl methyl sites for hydroxylation is 1. The molecule has 0 bridgehead atoms. The molecule has 0 radical (unpaired) electrons. The molecule has 0 aliphatic rings. The van der Waals surface area contributed by atoms with E-state index < -0.39 is 12.1 Å². The summed E-state index contributed by atoms with van der Waals surface area (Å²) in [5.41, 5.74) is 3.40. The van der Waals surface area contributed by atoms with Crippen molar-refractivity contribution in [3.05, 3.63) is 113 Å². The highest BCUT2D eigenvalue weighted by atomic mass is 16.5. The van der Waals surface area contributed by atoms with Crippen molar-refractivity contribution in [2.24, 2.45) is 0 Å². The van der Waals surface area contributed by atoms with Crippen molar-refractivity contribution in [2.45, 2.75) is 13.0 Å². The van der Waals surface area contributed by atoms with Gasteiger partial charge in [-0.1, -0.05) is 78.9 Å². The Morgan fingerprint density at radius 2 is 1.45 bits per heavy atom. The highest BCUT2D eigenvalue weighted by Crippen LogP contribution is 2.30. The van der Waals surface area contributed by atoms with E-state index in [4.69, 9.17) is 9.47 Å². The van der Waals surface area contributed by atoms with E-state index in [0.717, 1.165) is 16.7 Å². The van der Waals surface area contributed by atoms with Crippen molar-refractivity contribution in [1.82, 2.24) is 5.32 Å². The number of methoxy groups -OCH3 is 1. The summed E-state index contributed by atoms with van der Waals surface area (Å²) in [6, 6.07) is 24.6. The Hall–Kier alpha value is -4.12. The first-order valence-corrected chi connectivity index (χ1v) is 10.6. The SMILES string of the molecule is COc1c(C)cccc1[C@@H](CNC(=O)/C=C/c1ccccc1)OC(=O)/C=C/c1ccccc1. The van der Waals surface area contributed by atoms with Crippen LogP contribution in [0.4, 0.5) is 0 Å². The van der Waals surface area contributed by atoms with Gasteiger partial charge in [0.2, 0.25) is 5.91 Å². The molecule has 0 saturated carbocycles. The van der Waals surface area contributed by atoms with Gasteiger partial charge in [0.25, 0.3) is 0 Å². The largest absolute Gasteiger partial charge is 0.496 e. The zero-order chi connectivity index (χ0) is 23.5. The van der Waals surface area contributed by atoms with E-state index in [2.05, 4.69) is 5.32 Å². The first-order valence-electron chi connectivity index (χ1n) is 10.6. The van der Waals surface area contributed by atoms with Gasteiger partial charge in [-0.05, 0) is 35.8 Å². The van der Waals surface area contributed by atoms with E-state index in [1.807, 2.05) is 85.8 Å². The Balaban J connectivity index is 1.73. The van der Waals surface area contributed by atoms with Crippen LogP contribution in [0.1, 0.15) is 28.4 Å². The number of hydrogen-bond donors (Lipinski definition) is 1. The monoisotopic (exact) mass is 441 g/mol. The average molecular weight is 442 g/mol. The van der Waals surface area contributed by atoms with Crippen LogP contribution in [-0.2, 0) is 14.3 Å². The number of amides is 1. The number of esters is 1. The molecule has 0 spiro atoms. The number of nitrogens with one attached hydrogen (secondary N) is 1. The maximum Gasteiger partial charge on any atom is 0.331 e. The standard InChI is InChI=1S/C28H27NO4/c1-21-10-9-15-24(28(21)32-2)25(33-27(31)19-17-23-13-7-4-8-14-23)20-29-26(30)18-16-22-11-5-3-6-12-22/h3-19,25H,20H2,1-2H3,(H,29,30)/b18-16+,19-17+/t25-/m1/s1. The van der Waals surface area contributed by atoms with Gasteiger partial charge >= 0.3 is 5.97 Å². The van der Waals surface area contributed by atoms with Crippen molar-refractivity contribution in [3.8, 4) is 5.75 Å². The molecule has 1 atom stereocenters. The number of carbonyl (C=O) groups excluding carboxylic acids is 2. The maximum atomic E-state index is 12.6. The van der Waals surface area contributed by atoms with E-state index in [-0.39, 0.29) is 12.5 Å². The van der Waals surface area contributed by atoms with Gasteiger partial charge in [0.1, 0.15) is 11.9 Å². The van der Waals surface area contributed by atoms with Gasteiger partial charge in [0, 0.05) is 17.7 Å². The van der Waals surface area contributed by atoms with Crippen LogP contribution in [0.15, 0.2) is 91.0 Å². The molecule has 3 aromatic carbocycles. The summed E-state index contributed by atoms with van der Waals surface area (Å²) in [4.78, 5) is 24.9. The third kappa shape index (κ3) is 7.21. The highest BCUT2D eigenvalue weighted by Gasteiger charge is 2.21. The Labute approximate surface area is 194 Å². The van der Waals surface area contributed by atoms with Crippen molar-refractivity contribution in [2.75, 3.05) is 13.7 Å². The second-order valence-corrected chi connectivity index (χ2v) is 7.36. The van der Waals surface area contributed by atoms with E-state index in [9.17, 15) is 9.59 Å². The fourth-order valence-corrected chi connectivity index (χ4v) is 3.32. The van der Waals surface area contributed by atoms with Crippen LogP contribution in [-0.4, -0.2) is 25.5 Å². The minimum atomic E-state index is -0.721. The fourth-order valence-electron chi connectivity index (χ4n) is 3.32. The first kappa shape index (κ1) is 23.5. The van der Waals surface area contributed by atoms with Crippen LogP contribution in [0.3, 0.4) is 0 Å². The van der Waals surface area contributed by atoms with Crippen molar-refractivity contribution >= 4 is 24.0 Å². The van der Waals surface area contributed by atoms with Crippen LogP contribution >= 0.6 is 0 Å². The molecular formula is C28H27NO4. The van der Waals surface area contributed by atoms with Gasteiger partial charge in [-0.2, -0.15) is 0 Å². The number of hydrogen-bond acceptors (Lipinski definition) is 4. The normalized spacial score (nSPS) is 11.9. The van der Waals surface area contributed by atoms with Crippen LogP contribution in [0.5, 0.6) is 5.75 Å². The molecule has 0 aliphatic heterocycles. The topological polar surface area (TPSA) is 64.6 Å². The summed E-state index contributed by atoms with van der Waals surface area (Å²) in [7, 11) is 1.57. The molecule has 0 aromatic heterocycles. The fraction of sp³-hybridized carbons (Fsp3) is 0.143. The second-order valence-electron chi connectivity index (χ2n) is 7.36. The number of ether oxygens (including phenoxy) is 2. The van der Waals surface area contributed by atoms with Crippen LogP contribution in [0, 0.1) is 6.92 Å². The lowest BCUT2D eigenvalue weighted by Crippen LogP contribution is -2.29. The molecule has 0 heterocycles. The Morgan fingerprint density at radius 1 is 0.848 bits per heavy atom. The van der Waals surface area contributed by atoms with Gasteiger partial charge < -0.3 is 14.8 Å². The van der Waals surface area contributed by atoms with Gasteiger partial charge in [0.05, 0.1) is 13.7 Å². The first-order chi connectivity index (χ1) is 16.1. The third-order valence-electron chi connectivity index (χ3n) is 4.95. The van der Waals surface area contributed by atoms with Crippen molar-refractivity contribution in [3.63, 3.8) is 0 Å². The molecule has 3 aromatic rings. The Kier molecular flexibility index (Phi) is 8.60. The molecule has 0 unspecified atom stereocenters. The van der Waals surface area contributed by atoms with E-state index in [0.29, 0.717) is 11.3 Å². The minimum absolute atomic E-state index is 0.0999. The van der Waals surface area contributed by atoms with E-state index in [1.165, 1.54) is 12.2 Å². The van der Waals surface area contributed by atoms with E-state index in [1.54, 1.807) is 19.3 Å². The summed E-state index contributed by atoms with van der Waals surface area (Å²) in [6.45, 7) is 2.01. The summed E-state index contributed by atoms with van der Waals surface area (Å²) < 4.78 is 11.3. The number of benzene rings is 3.